The number of esters is 1. The van der Waals surface area contributed by atoms with Gasteiger partial charge in [-0.2, -0.15) is 4.37 Å². The van der Waals surface area contributed by atoms with Crippen LogP contribution in [0.3, 0.4) is 0 Å². The molecular weight excluding hydrogens is 410 g/mol. The minimum Gasteiger partial charge on any atom is -0.493 e. The van der Waals surface area contributed by atoms with Gasteiger partial charge in [0.15, 0.2) is 0 Å². The monoisotopic (exact) mass is 437 g/mol. The Morgan fingerprint density at radius 1 is 1.03 bits per heavy atom. The van der Waals surface area contributed by atoms with Crippen molar-refractivity contribution in [3.63, 3.8) is 0 Å². The highest BCUT2D eigenvalue weighted by Crippen LogP contribution is 2.30. The zero-order chi connectivity index (χ0) is 21.0. The van der Waals surface area contributed by atoms with Gasteiger partial charge in [-0.15, -0.1) is 0 Å². The molecule has 1 fully saturated rings. The Morgan fingerprint density at radius 3 is 2.81 bits per heavy atom. The van der Waals surface area contributed by atoms with Crippen LogP contribution in [0.5, 0.6) is 11.5 Å². The summed E-state index contributed by atoms with van der Waals surface area (Å²) in [6, 6.07) is 14.3. The van der Waals surface area contributed by atoms with Crippen LogP contribution in [0, 0.1) is 0 Å². The van der Waals surface area contributed by atoms with Gasteiger partial charge in [0.1, 0.15) is 17.3 Å². The minimum atomic E-state index is -0.160. The van der Waals surface area contributed by atoms with Crippen molar-refractivity contribution in [3.8, 4) is 11.5 Å². The molecule has 31 heavy (non-hydrogen) atoms. The van der Waals surface area contributed by atoms with Gasteiger partial charge in [0, 0.05) is 37.6 Å². The second-order valence-corrected chi connectivity index (χ2v) is 8.94. The van der Waals surface area contributed by atoms with E-state index in [1.165, 1.54) is 10.1 Å². The van der Waals surface area contributed by atoms with Crippen molar-refractivity contribution >= 4 is 33.4 Å². The summed E-state index contributed by atoms with van der Waals surface area (Å²) >= 11 is 1.59. The van der Waals surface area contributed by atoms with Gasteiger partial charge < -0.3 is 14.4 Å². The molecule has 0 aliphatic carbocycles. The lowest BCUT2D eigenvalue weighted by Crippen LogP contribution is -2.46. The Morgan fingerprint density at radius 2 is 1.90 bits per heavy atom. The molecule has 0 spiro atoms. The number of piperazine rings is 1. The third-order valence-electron chi connectivity index (χ3n) is 6.03. The van der Waals surface area contributed by atoms with Crippen molar-refractivity contribution in [2.45, 2.75) is 25.7 Å². The number of rotatable bonds is 7. The van der Waals surface area contributed by atoms with Gasteiger partial charge in [-0.25, -0.2) is 0 Å². The SMILES string of the molecule is O=C1CCc2ccc(OCCCCN3CCN(c4nsc5ccccc45)CC3)cc2O1. The molecule has 0 unspecified atom stereocenters. The number of benzene rings is 2. The van der Waals surface area contributed by atoms with Crippen LogP contribution in [0.1, 0.15) is 24.8 Å². The zero-order valence-corrected chi connectivity index (χ0v) is 18.4. The van der Waals surface area contributed by atoms with Gasteiger partial charge in [0.25, 0.3) is 0 Å². The molecule has 1 aromatic heterocycles. The van der Waals surface area contributed by atoms with Crippen LogP contribution in [-0.2, 0) is 11.2 Å². The Bertz CT molecular complexity index is 1060. The average molecular weight is 438 g/mol. The van der Waals surface area contributed by atoms with Crippen molar-refractivity contribution in [3.05, 3.63) is 48.0 Å². The first-order valence-corrected chi connectivity index (χ1v) is 11.8. The van der Waals surface area contributed by atoms with Crippen molar-refractivity contribution in [2.24, 2.45) is 0 Å². The van der Waals surface area contributed by atoms with E-state index in [0.29, 0.717) is 18.8 Å². The number of aromatic nitrogens is 1. The number of hydrogen-bond donors (Lipinski definition) is 0. The molecule has 162 valence electrons. The number of fused-ring (bicyclic) bond motifs is 2. The van der Waals surface area contributed by atoms with Crippen LogP contribution in [-0.4, -0.2) is 54.6 Å². The molecule has 5 rings (SSSR count). The Kier molecular flexibility index (Phi) is 6.04. The number of ether oxygens (including phenoxy) is 2. The van der Waals surface area contributed by atoms with Gasteiger partial charge in [-0.1, -0.05) is 18.2 Å². The summed E-state index contributed by atoms with van der Waals surface area (Å²) in [5.41, 5.74) is 1.08. The Labute approximate surface area is 186 Å². The van der Waals surface area contributed by atoms with Gasteiger partial charge in [-0.3, -0.25) is 9.69 Å². The maximum atomic E-state index is 11.5. The van der Waals surface area contributed by atoms with E-state index in [-0.39, 0.29) is 5.97 Å². The molecule has 1 saturated heterocycles. The van der Waals surface area contributed by atoms with E-state index >= 15 is 0 Å². The molecule has 2 aliphatic heterocycles. The molecular formula is C24H27N3O3S. The number of nitrogens with zero attached hydrogens (tertiary/aromatic N) is 3. The fourth-order valence-corrected chi connectivity index (χ4v) is 5.04. The van der Waals surface area contributed by atoms with Crippen LogP contribution in [0.15, 0.2) is 42.5 Å². The van der Waals surface area contributed by atoms with Gasteiger partial charge in [-0.05, 0) is 61.1 Å². The van der Waals surface area contributed by atoms with Crippen LogP contribution in [0.4, 0.5) is 5.82 Å². The number of carbonyl (C=O) groups is 1. The normalized spacial score (nSPS) is 16.9. The summed E-state index contributed by atoms with van der Waals surface area (Å²) in [4.78, 5) is 16.4. The summed E-state index contributed by atoms with van der Waals surface area (Å²) in [6.07, 6.45) is 3.33. The Hall–Kier alpha value is -2.64. The maximum absolute atomic E-state index is 11.5. The predicted molar refractivity (Wildman–Crippen MR) is 123 cm³/mol. The van der Waals surface area contributed by atoms with Crippen molar-refractivity contribution in [1.82, 2.24) is 9.27 Å². The molecule has 0 bridgehead atoms. The van der Waals surface area contributed by atoms with Gasteiger partial charge in [0.2, 0.25) is 0 Å². The summed E-state index contributed by atoms with van der Waals surface area (Å²) in [5, 5.41) is 1.27. The van der Waals surface area contributed by atoms with Crippen LogP contribution >= 0.6 is 11.5 Å². The summed E-state index contributed by atoms with van der Waals surface area (Å²) in [5.74, 6) is 2.41. The van der Waals surface area contributed by atoms with E-state index < -0.39 is 0 Å². The van der Waals surface area contributed by atoms with Gasteiger partial charge in [0.05, 0.1) is 17.7 Å². The van der Waals surface area contributed by atoms with Crippen molar-refractivity contribution < 1.29 is 14.3 Å². The molecule has 3 heterocycles. The second-order valence-electron chi connectivity index (χ2n) is 8.13. The third kappa shape index (κ3) is 4.67. The fourth-order valence-electron chi connectivity index (χ4n) is 4.25. The van der Waals surface area contributed by atoms with Crippen LogP contribution in [0.25, 0.3) is 10.1 Å². The standard InChI is InChI=1S/C24H27N3O3S/c28-23-10-8-18-7-9-19(17-21(18)30-23)29-16-4-3-11-26-12-14-27(15-13-26)24-20-5-1-2-6-22(20)31-25-24/h1-2,5-7,9,17H,3-4,8,10-16H2. The Balaban J connectivity index is 1.03. The zero-order valence-electron chi connectivity index (χ0n) is 17.6. The van der Waals surface area contributed by atoms with E-state index in [0.717, 1.165) is 69.1 Å². The molecule has 0 amide bonds. The number of unbranched alkanes of at least 4 members (excludes halogenated alkanes) is 1. The number of anilines is 1. The summed E-state index contributed by atoms with van der Waals surface area (Å²) in [7, 11) is 0. The van der Waals surface area contributed by atoms with E-state index in [9.17, 15) is 4.79 Å². The van der Waals surface area contributed by atoms with E-state index in [1.807, 2.05) is 18.2 Å². The molecule has 3 aromatic rings. The third-order valence-corrected chi connectivity index (χ3v) is 6.85. The lowest BCUT2D eigenvalue weighted by molar-refractivity contribution is -0.135. The molecule has 2 aliphatic rings. The van der Waals surface area contributed by atoms with Crippen molar-refractivity contribution in [1.29, 1.82) is 0 Å². The van der Waals surface area contributed by atoms with E-state index in [4.69, 9.17) is 13.8 Å². The number of carbonyl (C=O) groups excluding carboxylic acids is 1. The first-order chi connectivity index (χ1) is 15.3. The summed E-state index contributed by atoms with van der Waals surface area (Å²) in [6.45, 7) is 5.97. The van der Waals surface area contributed by atoms with Crippen LogP contribution < -0.4 is 14.4 Å². The van der Waals surface area contributed by atoms with E-state index in [1.54, 1.807) is 11.5 Å². The second kappa shape index (κ2) is 9.24. The lowest BCUT2D eigenvalue weighted by atomic mass is 10.1. The maximum Gasteiger partial charge on any atom is 0.311 e. The van der Waals surface area contributed by atoms with Crippen molar-refractivity contribution in [2.75, 3.05) is 44.2 Å². The van der Waals surface area contributed by atoms with Crippen LogP contribution in [0.2, 0.25) is 0 Å². The molecule has 7 heteroatoms. The highest BCUT2D eigenvalue weighted by Gasteiger charge is 2.20. The minimum absolute atomic E-state index is 0.160. The first-order valence-electron chi connectivity index (χ1n) is 11.0. The first kappa shape index (κ1) is 20.3. The average Bonchev–Trinajstić information content (AvgIpc) is 3.23. The van der Waals surface area contributed by atoms with Gasteiger partial charge >= 0.3 is 5.97 Å². The molecule has 0 saturated carbocycles. The molecule has 0 radical (unpaired) electrons. The lowest BCUT2D eigenvalue weighted by Gasteiger charge is -2.35. The fraction of sp³-hybridized carbons (Fsp3) is 0.417. The van der Waals surface area contributed by atoms with E-state index in [2.05, 4.69) is 34.1 Å². The smallest absolute Gasteiger partial charge is 0.311 e. The highest BCUT2D eigenvalue weighted by atomic mass is 32.1. The number of aryl methyl sites for hydroxylation is 1. The molecule has 0 N–H and O–H groups in total. The predicted octanol–water partition coefficient (Wildman–Crippen LogP) is 4.13. The largest absolute Gasteiger partial charge is 0.493 e. The highest BCUT2D eigenvalue weighted by molar-refractivity contribution is 7.13. The molecule has 6 nitrogen and oxygen atoms in total. The molecule has 0 atom stereocenters. The number of hydrogen-bond acceptors (Lipinski definition) is 7. The summed E-state index contributed by atoms with van der Waals surface area (Å²) < 4.78 is 17.1. The molecule has 2 aromatic carbocycles. The quantitative estimate of drug-likeness (QED) is 0.315. The topological polar surface area (TPSA) is 54.9 Å².